The number of halogens is 1. The first-order chi connectivity index (χ1) is 14.0. The van der Waals surface area contributed by atoms with E-state index in [0.29, 0.717) is 22.3 Å². The van der Waals surface area contributed by atoms with Crippen LogP contribution >= 0.6 is 11.6 Å². The van der Waals surface area contributed by atoms with Crippen molar-refractivity contribution in [3.8, 4) is 0 Å². The summed E-state index contributed by atoms with van der Waals surface area (Å²) in [6, 6.07) is 10.5. The SMILES string of the molecule is CON(C)S(=O)(=O)c1cc(C(=O)Nc2ccc(NC(=O)CC(C)C)cc2)ccc1Cl. The summed E-state index contributed by atoms with van der Waals surface area (Å²) in [6.45, 7) is 3.91. The molecule has 0 aromatic heterocycles. The number of carbonyl (C=O) groups excluding carboxylic acids is 2. The highest BCUT2D eigenvalue weighted by Crippen LogP contribution is 2.26. The van der Waals surface area contributed by atoms with E-state index in [4.69, 9.17) is 16.4 Å². The smallest absolute Gasteiger partial charge is 0.266 e. The molecule has 30 heavy (non-hydrogen) atoms. The molecular formula is C20H24ClN3O5S. The van der Waals surface area contributed by atoms with Gasteiger partial charge in [0, 0.05) is 30.4 Å². The molecule has 0 fully saturated rings. The van der Waals surface area contributed by atoms with Crippen molar-refractivity contribution in [3.63, 3.8) is 0 Å². The maximum atomic E-state index is 12.6. The van der Waals surface area contributed by atoms with Crippen LogP contribution in [0.2, 0.25) is 5.02 Å². The van der Waals surface area contributed by atoms with Crippen molar-refractivity contribution in [1.29, 1.82) is 0 Å². The van der Waals surface area contributed by atoms with Gasteiger partial charge in [0.15, 0.2) is 0 Å². The Hall–Kier alpha value is -2.46. The second-order valence-corrected chi connectivity index (χ2v) is 9.23. The Balaban J connectivity index is 2.15. The van der Waals surface area contributed by atoms with Gasteiger partial charge in [-0.2, -0.15) is 0 Å². The van der Waals surface area contributed by atoms with Crippen LogP contribution < -0.4 is 10.6 Å². The van der Waals surface area contributed by atoms with Gasteiger partial charge in [-0.3, -0.25) is 14.4 Å². The van der Waals surface area contributed by atoms with Crippen molar-refractivity contribution in [2.24, 2.45) is 5.92 Å². The van der Waals surface area contributed by atoms with Crippen LogP contribution in [0.5, 0.6) is 0 Å². The van der Waals surface area contributed by atoms with Crippen LogP contribution in [0.3, 0.4) is 0 Å². The number of anilines is 2. The normalized spacial score (nSPS) is 11.6. The van der Waals surface area contributed by atoms with Crippen molar-refractivity contribution in [3.05, 3.63) is 53.1 Å². The largest absolute Gasteiger partial charge is 0.326 e. The number of benzene rings is 2. The molecule has 2 aromatic rings. The summed E-state index contributed by atoms with van der Waals surface area (Å²) in [7, 11) is -1.59. The van der Waals surface area contributed by atoms with Gasteiger partial charge in [0.1, 0.15) is 4.90 Å². The van der Waals surface area contributed by atoms with Crippen LogP contribution in [0.25, 0.3) is 0 Å². The zero-order valence-corrected chi connectivity index (χ0v) is 18.7. The van der Waals surface area contributed by atoms with Crippen LogP contribution in [0.15, 0.2) is 47.4 Å². The molecule has 162 valence electrons. The van der Waals surface area contributed by atoms with Crippen molar-refractivity contribution in [1.82, 2.24) is 4.47 Å². The number of sulfonamides is 1. The van der Waals surface area contributed by atoms with Crippen LogP contribution in [-0.2, 0) is 19.7 Å². The number of nitrogens with one attached hydrogen (secondary N) is 2. The number of nitrogens with zero attached hydrogens (tertiary/aromatic N) is 1. The third kappa shape index (κ3) is 6.02. The van der Waals surface area contributed by atoms with Gasteiger partial charge >= 0.3 is 0 Å². The molecule has 0 aliphatic rings. The van der Waals surface area contributed by atoms with E-state index < -0.39 is 15.9 Å². The molecule has 0 heterocycles. The van der Waals surface area contributed by atoms with Gasteiger partial charge < -0.3 is 10.6 Å². The van der Waals surface area contributed by atoms with E-state index in [-0.39, 0.29) is 27.3 Å². The molecule has 2 N–H and O–H groups in total. The summed E-state index contributed by atoms with van der Waals surface area (Å²) in [4.78, 5) is 28.9. The topological polar surface area (TPSA) is 105 Å². The number of rotatable bonds is 8. The van der Waals surface area contributed by atoms with Crippen LogP contribution in [0.4, 0.5) is 11.4 Å². The standard InChI is InChI=1S/C20H24ClN3O5S/c1-13(2)11-19(25)22-15-6-8-16(9-7-15)23-20(26)14-5-10-17(21)18(12-14)30(27,28)24(3)29-4/h5-10,12-13H,11H2,1-4H3,(H,22,25)(H,23,26). The molecule has 0 aliphatic heterocycles. The van der Waals surface area contributed by atoms with Gasteiger partial charge in [-0.05, 0) is 48.4 Å². The highest BCUT2D eigenvalue weighted by Gasteiger charge is 2.25. The van der Waals surface area contributed by atoms with E-state index in [1.807, 2.05) is 13.8 Å². The lowest BCUT2D eigenvalue weighted by molar-refractivity contribution is -0.116. The molecule has 2 aromatic carbocycles. The maximum Gasteiger partial charge on any atom is 0.266 e. The first kappa shape index (κ1) is 23.8. The fourth-order valence-electron chi connectivity index (χ4n) is 2.50. The molecule has 0 saturated heterocycles. The van der Waals surface area contributed by atoms with Crippen LogP contribution in [0.1, 0.15) is 30.6 Å². The number of hydrogen-bond donors (Lipinski definition) is 2. The minimum absolute atomic E-state index is 0.0306. The predicted octanol–water partition coefficient (Wildman–Crippen LogP) is 3.76. The van der Waals surface area contributed by atoms with E-state index in [1.165, 1.54) is 32.4 Å². The third-order valence-corrected chi connectivity index (χ3v) is 6.25. The van der Waals surface area contributed by atoms with Gasteiger partial charge in [-0.1, -0.05) is 29.9 Å². The Kier molecular flexibility index (Phi) is 7.96. The average molecular weight is 454 g/mol. The molecule has 0 unspecified atom stereocenters. The fourth-order valence-corrected chi connectivity index (χ4v) is 3.98. The zero-order chi connectivity index (χ0) is 22.5. The monoisotopic (exact) mass is 453 g/mol. The summed E-state index contributed by atoms with van der Waals surface area (Å²) in [5, 5.41) is 5.43. The summed E-state index contributed by atoms with van der Waals surface area (Å²) < 4.78 is 25.6. The van der Waals surface area contributed by atoms with Gasteiger partial charge in [-0.15, -0.1) is 0 Å². The summed E-state index contributed by atoms with van der Waals surface area (Å²) >= 11 is 6.01. The maximum absolute atomic E-state index is 12.6. The Morgan fingerprint density at radius 1 is 1.07 bits per heavy atom. The van der Waals surface area contributed by atoms with Gasteiger partial charge in [-0.25, -0.2) is 8.42 Å². The van der Waals surface area contributed by atoms with Crippen molar-refractivity contribution >= 4 is 44.8 Å². The Bertz CT molecular complexity index is 1020. The molecule has 0 spiro atoms. The molecule has 0 saturated carbocycles. The van der Waals surface area contributed by atoms with E-state index in [1.54, 1.807) is 24.3 Å². The quantitative estimate of drug-likeness (QED) is 0.592. The van der Waals surface area contributed by atoms with E-state index in [0.717, 1.165) is 0 Å². The summed E-state index contributed by atoms with van der Waals surface area (Å²) in [5.74, 6) is -0.349. The second-order valence-electron chi connectivity index (χ2n) is 6.92. The van der Waals surface area contributed by atoms with E-state index >= 15 is 0 Å². The van der Waals surface area contributed by atoms with Gasteiger partial charge in [0.2, 0.25) is 5.91 Å². The van der Waals surface area contributed by atoms with Gasteiger partial charge in [0.25, 0.3) is 15.9 Å². The lowest BCUT2D eigenvalue weighted by atomic mass is 10.1. The van der Waals surface area contributed by atoms with Gasteiger partial charge in [0.05, 0.1) is 12.1 Å². The number of amides is 2. The van der Waals surface area contributed by atoms with Crippen molar-refractivity contribution in [2.75, 3.05) is 24.8 Å². The molecule has 2 amide bonds. The fraction of sp³-hybridized carbons (Fsp3) is 0.300. The molecule has 10 heteroatoms. The molecule has 0 aliphatic carbocycles. The lowest BCUT2D eigenvalue weighted by Gasteiger charge is -2.16. The molecule has 0 atom stereocenters. The van der Waals surface area contributed by atoms with Crippen LogP contribution in [0, 0.1) is 5.92 Å². The van der Waals surface area contributed by atoms with E-state index in [9.17, 15) is 18.0 Å². The van der Waals surface area contributed by atoms with Crippen LogP contribution in [-0.4, -0.2) is 38.9 Å². The average Bonchev–Trinajstić information content (AvgIpc) is 2.68. The van der Waals surface area contributed by atoms with E-state index in [2.05, 4.69) is 10.6 Å². The lowest BCUT2D eigenvalue weighted by Crippen LogP contribution is -2.26. The molecule has 2 rings (SSSR count). The second kappa shape index (κ2) is 10.0. The summed E-state index contributed by atoms with van der Waals surface area (Å²) in [6.07, 6.45) is 0.415. The number of carbonyl (C=O) groups is 2. The highest BCUT2D eigenvalue weighted by atomic mass is 35.5. The molecular weight excluding hydrogens is 430 g/mol. The number of hydroxylamine groups is 1. The predicted molar refractivity (Wildman–Crippen MR) is 116 cm³/mol. The van der Waals surface area contributed by atoms with Crippen molar-refractivity contribution in [2.45, 2.75) is 25.2 Å². The third-order valence-electron chi connectivity index (χ3n) is 4.09. The first-order valence-electron chi connectivity index (χ1n) is 9.08. The molecule has 0 bridgehead atoms. The Morgan fingerprint density at radius 3 is 2.17 bits per heavy atom. The first-order valence-corrected chi connectivity index (χ1v) is 10.9. The minimum Gasteiger partial charge on any atom is -0.326 e. The molecule has 8 nitrogen and oxygen atoms in total. The van der Waals surface area contributed by atoms with Crippen molar-refractivity contribution < 1.29 is 22.8 Å². The Labute approximate surface area is 181 Å². The minimum atomic E-state index is -4.02. The zero-order valence-electron chi connectivity index (χ0n) is 17.1. The molecule has 0 radical (unpaired) electrons. The Morgan fingerprint density at radius 2 is 1.63 bits per heavy atom. The number of hydrogen-bond acceptors (Lipinski definition) is 5. The summed E-state index contributed by atoms with van der Waals surface area (Å²) in [5.41, 5.74) is 1.20. The highest BCUT2D eigenvalue weighted by molar-refractivity contribution is 7.89.